The second-order valence-electron chi connectivity index (χ2n) is 6.08. The fraction of sp³-hybridized carbons (Fsp3) is 0.263. The lowest BCUT2D eigenvalue weighted by atomic mass is 10.0. The Morgan fingerprint density at radius 3 is 2.83 bits per heavy atom. The van der Waals surface area contributed by atoms with Gasteiger partial charge in [0.25, 0.3) is 0 Å². The molecule has 122 valence electrons. The SMILES string of the molecule is CN1C=CC(c2ccncc2)=NC1N1CCC=C(c2ccsc2)C1. The van der Waals surface area contributed by atoms with Gasteiger partial charge in [-0.2, -0.15) is 11.3 Å². The molecule has 1 atom stereocenters. The number of aliphatic imine (C=N–C) groups is 1. The highest BCUT2D eigenvalue weighted by Crippen LogP contribution is 2.26. The van der Waals surface area contributed by atoms with Crippen molar-refractivity contribution in [1.82, 2.24) is 14.8 Å². The van der Waals surface area contributed by atoms with Crippen molar-refractivity contribution < 1.29 is 0 Å². The Balaban J connectivity index is 1.58. The molecule has 0 spiro atoms. The Labute approximate surface area is 146 Å². The maximum Gasteiger partial charge on any atom is 0.179 e. The first-order valence-corrected chi connectivity index (χ1v) is 9.09. The van der Waals surface area contributed by atoms with E-state index >= 15 is 0 Å². The quantitative estimate of drug-likeness (QED) is 0.860. The monoisotopic (exact) mass is 336 g/mol. The summed E-state index contributed by atoms with van der Waals surface area (Å²) in [5.41, 5.74) is 4.89. The van der Waals surface area contributed by atoms with Gasteiger partial charge in [0.1, 0.15) is 0 Å². The zero-order valence-electron chi connectivity index (χ0n) is 13.7. The van der Waals surface area contributed by atoms with Crippen LogP contribution in [0.1, 0.15) is 17.5 Å². The molecule has 4 heterocycles. The zero-order chi connectivity index (χ0) is 16.4. The first-order chi connectivity index (χ1) is 11.8. The summed E-state index contributed by atoms with van der Waals surface area (Å²) in [6.07, 6.45) is 11.3. The molecule has 0 N–H and O–H groups in total. The molecule has 24 heavy (non-hydrogen) atoms. The highest BCUT2D eigenvalue weighted by molar-refractivity contribution is 7.08. The lowest BCUT2D eigenvalue weighted by Crippen LogP contribution is -2.47. The molecule has 0 amide bonds. The number of thiophene rings is 1. The molecule has 2 aromatic heterocycles. The normalized spacial score (nSPS) is 21.5. The third-order valence-corrected chi connectivity index (χ3v) is 5.14. The summed E-state index contributed by atoms with van der Waals surface area (Å²) >= 11 is 1.75. The van der Waals surface area contributed by atoms with Crippen LogP contribution in [0.3, 0.4) is 0 Å². The lowest BCUT2D eigenvalue weighted by molar-refractivity contribution is 0.111. The van der Waals surface area contributed by atoms with Gasteiger partial charge in [0.15, 0.2) is 6.29 Å². The molecule has 2 aromatic rings. The number of nitrogens with zero attached hydrogens (tertiary/aromatic N) is 4. The van der Waals surface area contributed by atoms with Crippen LogP contribution in [0.2, 0.25) is 0 Å². The minimum absolute atomic E-state index is 0.0421. The van der Waals surface area contributed by atoms with Crippen LogP contribution in [0.5, 0.6) is 0 Å². The highest BCUT2D eigenvalue weighted by Gasteiger charge is 2.26. The fourth-order valence-electron chi connectivity index (χ4n) is 3.18. The molecule has 0 saturated carbocycles. The second-order valence-corrected chi connectivity index (χ2v) is 6.86. The van der Waals surface area contributed by atoms with Gasteiger partial charge in [-0.1, -0.05) is 6.08 Å². The van der Waals surface area contributed by atoms with Crippen LogP contribution >= 0.6 is 11.3 Å². The first-order valence-electron chi connectivity index (χ1n) is 8.15. The Bertz CT molecular complexity index is 777. The van der Waals surface area contributed by atoms with E-state index < -0.39 is 0 Å². The van der Waals surface area contributed by atoms with Gasteiger partial charge in [0.2, 0.25) is 0 Å². The van der Waals surface area contributed by atoms with Crippen molar-refractivity contribution in [1.29, 1.82) is 0 Å². The number of aromatic nitrogens is 1. The number of hydrogen-bond donors (Lipinski definition) is 0. The molecule has 4 nitrogen and oxygen atoms in total. The van der Waals surface area contributed by atoms with Crippen LogP contribution in [0, 0.1) is 0 Å². The van der Waals surface area contributed by atoms with Gasteiger partial charge in [0.05, 0.1) is 5.71 Å². The molecule has 0 saturated heterocycles. The standard InChI is InChI=1S/C19H20N4S/c1-22-11-6-18(15-4-8-20-9-5-15)21-19(22)23-10-2-3-16(13-23)17-7-12-24-14-17/h3-9,11-12,14,19H,2,10,13H2,1H3. The zero-order valence-corrected chi connectivity index (χ0v) is 14.5. The number of allylic oxidation sites excluding steroid dienone is 1. The number of hydrogen-bond acceptors (Lipinski definition) is 5. The van der Waals surface area contributed by atoms with Crippen molar-refractivity contribution in [3.05, 3.63) is 70.8 Å². The van der Waals surface area contributed by atoms with Gasteiger partial charge in [-0.3, -0.25) is 9.88 Å². The molecule has 0 radical (unpaired) electrons. The third-order valence-electron chi connectivity index (χ3n) is 4.46. The summed E-state index contributed by atoms with van der Waals surface area (Å²) in [7, 11) is 2.09. The molecule has 4 rings (SSSR count). The maximum atomic E-state index is 5.00. The van der Waals surface area contributed by atoms with Crippen LogP contribution < -0.4 is 0 Å². The van der Waals surface area contributed by atoms with E-state index in [-0.39, 0.29) is 6.29 Å². The molecule has 0 aromatic carbocycles. The van der Waals surface area contributed by atoms with Crippen molar-refractivity contribution in [2.24, 2.45) is 4.99 Å². The van der Waals surface area contributed by atoms with Crippen molar-refractivity contribution in [2.75, 3.05) is 20.1 Å². The fourth-order valence-corrected chi connectivity index (χ4v) is 3.86. The largest absolute Gasteiger partial charge is 0.347 e. The van der Waals surface area contributed by atoms with Crippen LogP contribution in [-0.2, 0) is 0 Å². The minimum Gasteiger partial charge on any atom is -0.347 e. The maximum absolute atomic E-state index is 5.00. The molecule has 2 aliphatic heterocycles. The van der Waals surface area contributed by atoms with E-state index in [0.29, 0.717) is 0 Å². The van der Waals surface area contributed by atoms with E-state index in [9.17, 15) is 0 Å². The Hall–Kier alpha value is -2.24. The average Bonchev–Trinajstić information content (AvgIpc) is 3.18. The molecular formula is C19H20N4S. The predicted octanol–water partition coefficient (Wildman–Crippen LogP) is 3.46. The molecule has 5 heteroatoms. The van der Waals surface area contributed by atoms with E-state index in [4.69, 9.17) is 4.99 Å². The van der Waals surface area contributed by atoms with Crippen molar-refractivity contribution in [2.45, 2.75) is 12.7 Å². The van der Waals surface area contributed by atoms with Crippen molar-refractivity contribution >= 4 is 22.6 Å². The summed E-state index contributed by atoms with van der Waals surface area (Å²) < 4.78 is 0. The Morgan fingerprint density at radius 1 is 1.17 bits per heavy atom. The molecule has 0 bridgehead atoms. The molecule has 2 aliphatic rings. The van der Waals surface area contributed by atoms with E-state index in [0.717, 1.165) is 30.8 Å². The average molecular weight is 336 g/mol. The minimum atomic E-state index is 0.0421. The van der Waals surface area contributed by atoms with Gasteiger partial charge in [-0.25, -0.2) is 4.99 Å². The van der Waals surface area contributed by atoms with E-state index in [2.05, 4.69) is 57.0 Å². The first kappa shape index (κ1) is 15.3. The van der Waals surface area contributed by atoms with Gasteiger partial charge in [0, 0.05) is 44.3 Å². The van der Waals surface area contributed by atoms with Gasteiger partial charge in [-0.05, 0) is 52.6 Å². The van der Waals surface area contributed by atoms with E-state index in [1.807, 2.05) is 24.5 Å². The van der Waals surface area contributed by atoms with Crippen LogP contribution in [-0.4, -0.2) is 46.9 Å². The Kier molecular flexibility index (Phi) is 4.28. The van der Waals surface area contributed by atoms with Crippen molar-refractivity contribution in [3.8, 4) is 0 Å². The summed E-state index contributed by atoms with van der Waals surface area (Å²) in [5.74, 6) is 0. The molecule has 0 aliphatic carbocycles. The van der Waals surface area contributed by atoms with Gasteiger partial charge < -0.3 is 4.90 Å². The summed E-state index contributed by atoms with van der Waals surface area (Å²) in [4.78, 5) is 13.7. The topological polar surface area (TPSA) is 31.7 Å². The third kappa shape index (κ3) is 3.05. The van der Waals surface area contributed by atoms with Crippen LogP contribution in [0.25, 0.3) is 5.57 Å². The van der Waals surface area contributed by atoms with E-state index in [1.54, 1.807) is 11.3 Å². The smallest absolute Gasteiger partial charge is 0.179 e. The van der Waals surface area contributed by atoms with Gasteiger partial charge in [-0.15, -0.1) is 0 Å². The molecule has 0 fully saturated rings. The van der Waals surface area contributed by atoms with Gasteiger partial charge >= 0.3 is 0 Å². The lowest BCUT2D eigenvalue weighted by Gasteiger charge is -2.38. The summed E-state index contributed by atoms with van der Waals surface area (Å²) in [5, 5.41) is 4.37. The van der Waals surface area contributed by atoms with Crippen molar-refractivity contribution in [3.63, 3.8) is 0 Å². The molecule has 1 unspecified atom stereocenters. The van der Waals surface area contributed by atoms with Crippen LogP contribution in [0.4, 0.5) is 0 Å². The van der Waals surface area contributed by atoms with E-state index in [1.165, 1.54) is 11.1 Å². The Morgan fingerprint density at radius 2 is 2.04 bits per heavy atom. The number of pyridine rings is 1. The predicted molar refractivity (Wildman–Crippen MR) is 100.0 cm³/mol. The van der Waals surface area contributed by atoms with Crippen LogP contribution in [0.15, 0.2) is 64.7 Å². The second kappa shape index (κ2) is 6.71. The summed E-state index contributed by atoms with van der Waals surface area (Å²) in [6, 6.07) is 6.23. The highest BCUT2D eigenvalue weighted by atomic mass is 32.1. The molecular weight excluding hydrogens is 316 g/mol. The number of rotatable bonds is 3. The summed E-state index contributed by atoms with van der Waals surface area (Å²) in [6.45, 7) is 1.97.